The van der Waals surface area contributed by atoms with Gasteiger partial charge in [0.25, 0.3) is 0 Å². The molecule has 0 radical (unpaired) electrons. The van der Waals surface area contributed by atoms with Crippen molar-refractivity contribution in [2.45, 2.75) is 18.7 Å². The topological polar surface area (TPSA) is 67.2 Å². The fraction of sp³-hybridized carbons (Fsp3) is 0.423. The van der Waals surface area contributed by atoms with Crippen molar-refractivity contribution in [2.75, 3.05) is 53.7 Å². The molecule has 0 unspecified atom stereocenters. The molecule has 1 aliphatic rings. The molecule has 0 spiro atoms. The van der Waals surface area contributed by atoms with Crippen molar-refractivity contribution in [1.82, 2.24) is 14.5 Å². The van der Waals surface area contributed by atoms with E-state index in [1.165, 1.54) is 0 Å². The Morgan fingerprint density at radius 1 is 1.11 bits per heavy atom. The summed E-state index contributed by atoms with van der Waals surface area (Å²) in [5.41, 5.74) is 0.519. The standard InChI is InChI=1S/C26H32ClN3O5/c1-31-25-14-21(6-7-24(25)34-13-11-29-9-8-28-20-29)16-30-10-12-33-18-26(17-30,32-2)19-35-23-5-3-4-22(27)15-23/h3-9,14-15,20H,10-13,16-19H2,1-2H3/t26-/m1/s1. The van der Waals surface area contributed by atoms with Gasteiger partial charge in [0.15, 0.2) is 11.5 Å². The molecule has 9 heteroatoms. The molecule has 4 rings (SSSR count). The van der Waals surface area contributed by atoms with Gasteiger partial charge in [-0.15, -0.1) is 0 Å². The van der Waals surface area contributed by atoms with E-state index in [9.17, 15) is 0 Å². The minimum Gasteiger partial charge on any atom is -0.493 e. The van der Waals surface area contributed by atoms with Crippen molar-refractivity contribution < 1.29 is 23.7 Å². The Kier molecular flexibility index (Phi) is 8.87. The molecule has 1 aromatic heterocycles. The second-order valence-electron chi connectivity index (χ2n) is 8.53. The highest BCUT2D eigenvalue weighted by molar-refractivity contribution is 6.30. The van der Waals surface area contributed by atoms with Gasteiger partial charge in [0.1, 0.15) is 24.6 Å². The van der Waals surface area contributed by atoms with Gasteiger partial charge in [-0.3, -0.25) is 4.90 Å². The van der Waals surface area contributed by atoms with Crippen LogP contribution in [-0.4, -0.2) is 73.8 Å². The summed E-state index contributed by atoms with van der Waals surface area (Å²) in [5.74, 6) is 2.14. The number of nitrogens with zero attached hydrogens (tertiary/aromatic N) is 3. The van der Waals surface area contributed by atoms with Crippen LogP contribution in [0.3, 0.4) is 0 Å². The van der Waals surface area contributed by atoms with E-state index >= 15 is 0 Å². The Balaban J connectivity index is 1.38. The number of hydrogen-bond donors (Lipinski definition) is 0. The first-order chi connectivity index (χ1) is 17.1. The van der Waals surface area contributed by atoms with E-state index in [0.29, 0.717) is 49.5 Å². The molecule has 8 nitrogen and oxygen atoms in total. The number of rotatable bonds is 11. The van der Waals surface area contributed by atoms with E-state index in [2.05, 4.69) is 16.0 Å². The van der Waals surface area contributed by atoms with E-state index < -0.39 is 5.60 Å². The van der Waals surface area contributed by atoms with Gasteiger partial charge >= 0.3 is 0 Å². The van der Waals surface area contributed by atoms with Crippen LogP contribution in [0.5, 0.6) is 17.2 Å². The van der Waals surface area contributed by atoms with Crippen molar-refractivity contribution in [1.29, 1.82) is 0 Å². The van der Waals surface area contributed by atoms with Crippen LogP contribution in [0.2, 0.25) is 5.02 Å². The van der Waals surface area contributed by atoms with Crippen LogP contribution in [0.25, 0.3) is 0 Å². The molecule has 0 saturated carbocycles. The first-order valence-corrected chi connectivity index (χ1v) is 12.0. The van der Waals surface area contributed by atoms with Crippen LogP contribution in [0, 0.1) is 0 Å². The lowest BCUT2D eigenvalue weighted by Crippen LogP contribution is -2.50. The summed E-state index contributed by atoms with van der Waals surface area (Å²) >= 11 is 6.09. The second kappa shape index (κ2) is 12.3. The average molecular weight is 502 g/mol. The Hall–Kier alpha value is -2.78. The van der Waals surface area contributed by atoms with Gasteiger partial charge in [0.2, 0.25) is 0 Å². The quantitative estimate of drug-likeness (QED) is 0.394. The van der Waals surface area contributed by atoms with Crippen LogP contribution in [0.15, 0.2) is 61.2 Å². The molecule has 0 N–H and O–H groups in total. The minimum atomic E-state index is -0.598. The van der Waals surface area contributed by atoms with Crippen LogP contribution in [-0.2, 0) is 22.6 Å². The van der Waals surface area contributed by atoms with Crippen LogP contribution < -0.4 is 14.2 Å². The molecule has 0 aliphatic carbocycles. The van der Waals surface area contributed by atoms with Gasteiger partial charge in [-0.2, -0.15) is 0 Å². The third-order valence-corrected chi connectivity index (χ3v) is 6.20. The monoisotopic (exact) mass is 501 g/mol. The number of methoxy groups -OCH3 is 2. The van der Waals surface area contributed by atoms with Crippen molar-refractivity contribution in [3.8, 4) is 17.2 Å². The third kappa shape index (κ3) is 7.11. The van der Waals surface area contributed by atoms with Gasteiger partial charge in [-0.25, -0.2) is 4.98 Å². The largest absolute Gasteiger partial charge is 0.493 e. The maximum absolute atomic E-state index is 6.09. The molecule has 3 aromatic rings. The predicted octanol–water partition coefficient (Wildman–Crippen LogP) is 3.92. The van der Waals surface area contributed by atoms with E-state index in [-0.39, 0.29) is 0 Å². The molecule has 1 saturated heterocycles. The van der Waals surface area contributed by atoms with Crippen LogP contribution >= 0.6 is 11.6 Å². The number of halogens is 1. The zero-order chi connectivity index (χ0) is 24.5. The fourth-order valence-corrected chi connectivity index (χ4v) is 4.21. The zero-order valence-electron chi connectivity index (χ0n) is 20.2. The predicted molar refractivity (Wildman–Crippen MR) is 133 cm³/mol. The van der Waals surface area contributed by atoms with Crippen molar-refractivity contribution in [3.63, 3.8) is 0 Å². The number of imidazole rings is 1. The summed E-state index contributed by atoms with van der Waals surface area (Å²) in [6.07, 6.45) is 5.44. The second-order valence-corrected chi connectivity index (χ2v) is 8.97. The Morgan fingerprint density at radius 3 is 2.80 bits per heavy atom. The van der Waals surface area contributed by atoms with Gasteiger partial charge in [0.05, 0.1) is 33.2 Å². The number of aromatic nitrogens is 2. The van der Waals surface area contributed by atoms with Crippen molar-refractivity contribution in [2.24, 2.45) is 0 Å². The van der Waals surface area contributed by atoms with Gasteiger partial charge in [0, 0.05) is 44.2 Å². The Labute approximate surface area is 211 Å². The average Bonchev–Trinajstić information content (AvgIpc) is 3.31. The summed E-state index contributed by atoms with van der Waals surface area (Å²) < 4.78 is 31.4. The van der Waals surface area contributed by atoms with Crippen molar-refractivity contribution in [3.05, 3.63) is 71.8 Å². The van der Waals surface area contributed by atoms with Gasteiger partial charge in [-0.1, -0.05) is 23.7 Å². The van der Waals surface area contributed by atoms with E-state index in [0.717, 1.165) is 30.9 Å². The molecular weight excluding hydrogens is 470 g/mol. The Bertz CT molecular complexity index is 1060. The number of hydrogen-bond acceptors (Lipinski definition) is 7. The highest BCUT2D eigenvalue weighted by atomic mass is 35.5. The fourth-order valence-electron chi connectivity index (χ4n) is 4.03. The van der Waals surface area contributed by atoms with Gasteiger partial charge < -0.3 is 28.3 Å². The Morgan fingerprint density at radius 2 is 2.03 bits per heavy atom. The molecule has 1 aliphatic heterocycles. The molecule has 35 heavy (non-hydrogen) atoms. The first kappa shape index (κ1) is 25.3. The minimum absolute atomic E-state index is 0.355. The normalized spacial score (nSPS) is 18.7. The van der Waals surface area contributed by atoms with Crippen molar-refractivity contribution >= 4 is 11.6 Å². The number of benzene rings is 2. The van der Waals surface area contributed by atoms with E-state index in [1.807, 2.05) is 41.1 Å². The maximum atomic E-state index is 6.09. The summed E-state index contributed by atoms with van der Waals surface area (Å²) in [6.45, 7) is 4.84. The molecule has 2 aromatic carbocycles. The number of ether oxygens (including phenoxy) is 5. The molecule has 0 amide bonds. The zero-order valence-corrected chi connectivity index (χ0v) is 20.9. The van der Waals surface area contributed by atoms with Crippen LogP contribution in [0.4, 0.5) is 0 Å². The van der Waals surface area contributed by atoms with Crippen LogP contribution in [0.1, 0.15) is 5.56 Å². The summed E-state index contributed by atoms with van der Waals surface area (Å²) in [4.78, 5) is 6.36. The smallest absolute Gasteiger partial charge is 0.161 e. The lowest BCUT2D eigenvalue weighted by molar-refractivity contribution is -0.0925. The summed E-state index contributed by atoms with van der Waals surface area (Å²) in [5, 5.41) is 0.635. The lowest BCUT2D eigenvalue weighted by atomic mass is 10.1. The molecule has 1 fully saturated rings. The summed E-state index contributed by atoms with van der Waals surface area (Å²) in [6, 6.07) is 13.4. The van der Waals surface area contributed by atoms with Gasteiger partial charge in [-0.05, 0) is 35.9 Å². The third-order valence-electron chi connectivity index (χ3n) is 5.96. The molecule has 188 valence electrons. The van der Waals surface area contributed by atoms with E-state index in [4.69, 9.17) is 35.3 Å². The molecular formula is C26H32ClN3O5. The molecule has 1 atom stereocenters. The maximum Gasteiger partial charge on any atom is 0.161 e. The highest BCUT2D eigenvalue weighted by Gasteiger charge is 2.36. The summed E-state index contributed by atoms with van der Waals surface area (Å²) in [7, 11) is 3.36. The molecule has 2 heterocycles. The highest BCUT2D eigenvalue weighted by Crippen LogP contribution is 2.29. The van der Waals surface area contributed by atoms with E-state index in [1.54, 1.807) is 32.8 Å². The first-order valence-electron chi connectivity index (χ1n) is 11.6. The lowest BCUT2D eigenvalue weighted by Gasteiger charge is -2.34. The molecule has 0 bridgehead atoms. The SMILES string of the molecule is COc1cc(CN2CCOC[C@](COc3cccc(Cl)c3)(OC)C2)ccc1OCCn1ccnc1.